The Balaban J connectivity index is 1.25. The molecule has 1 fully saturated rings. The summed E-state index contributed by atoms with van der Waals surface area (Å²) < 4.78 is 11.6. The molecule has 1 saturated heterocycles. The van der Waals surface area contributed by atoms with Crippen molar-refractivity contribution in [2.24, 2.45) is 5.92 Å². The molecule has 3 aromatic rings. The molecule has 2 amide bonds. The number of aromatic nitrogens is 1. The van der Waals surface area contributed by atoms with Crippen LogP contribution in [0.4, 0.5) is 6.01 Å². The van der Waals surface area contributed by atoms with E-state index in [1.807, 2.05) is 43.0 Å². The van der Waals surface area contributed by atoms with Crippen molar-refractivity contribution < 1.29 is 18.7 Å². The number of carbonyl (C=O) groups excluding carboxylic acids is 2. The number of hydrazine groups is 1. The fraction of sp³-hybridized carbons (Fsp3) is 0.375. The second-order valence-electron chi connectivity index (χ2n) is 8.33. The van der Waals surface area contributed by atoms with E-state index in [4.69, 9.17) is 20.8 Å². The summed E-state index contributed by atoms with van der Waals surface area (Å²) in [7, 11) is 0. The summed E-state index contributed by atoms with van der Waals surface area (Å²) in [6.45, 7) is 6.66. The monoisotopic (exact) mass is 470 g/mol. The van der Waals surface area contributed by atoms with Crippen molar-refractivity contribution in [2.45, 2.75) is 39.7 Å². The molecule has 1 aromatic heterocycles. The lowest BCUT2D eigenvalue weighted by atomic mass is 9.96. The Labute approximate surface area is 197 Å². The average molecular weight is 471 g/mol. The molecule has 0 radical (unpaired) electrons. The van der Waals surface area contributed by atoms with Crippen LogP contribution < -0.4 is 20.5 Å². The Bertz CT molecular complexity index is 1110. The van der Waals surface area contributed by atoms with Crippen LogP contribution in [-0.4, -0.2) is 36.0 Å². The van der Waals surface area contributed by atoms with Gasteiger partial charge < -0.3 is 14.1 Å². The molecule has 1 aliphatic heterocycles. The minimum Gasteiger partial charge on any atom is -0.480 e. The SMILES string of the molecule is Cc1cc(Cl)cc(C)c1OC(C)C(=O)NNC(=O)C1CCN(c2nc3ccccc3o2)CC1. The zero-order valence-corrected chi connectivity index (χ0v) is 19.6. The number of aryl methyl sites for hydroxylation is 2. The highest BCUT2D eigenvalue weighted by Gasteiger charge is 2.28. The number of nitrogens with one attached hydrogen (secondary N) is 2. The number of para-hydroxylation sites is 2. The van der Waals surface area contributed by atoms with E-state index in [9.17, 15) is 9.59 Å². The first kappa shape index (κ1) is 22.9. The summed E-state index contributed by atoms with van der Waals surface area (Å²) in [5, 5.41) is 0.615. The molecule has 0 bridgehead atoms. The number of carbonyl (C=O) groups is 2. The molecule has 2 aromatic carbocycles. The minimum absolute atomic E-state index is 0.206. The number of ether oxygens (including phenoxy) is 1. The molecule has 9 heteroatoms. The summed E-state index contributed by atoms with van der Waals surface area (Å²) in [4.78, 5) is 31.6. The van der Waals surface area contributed by atoms with Gasteiger partial charge in [-0.05, 0) is 69.0 Å². The van der Waals surface area contributed by atoms with Crippen molar-refractivity contribution in [2.75, 3.05) is 18.0 Å². The second kappa shape index (κ2) is 9.70. The van der Waals surface area contributed by atoms with E-state index in [0.29, 0.717) is 42.7 Å². The van der Waals surface area contributed by atoms with E-state index in [2.05, 4.69) is 15.8 Å². The number of rotatable bonds is 5. The molecule has 4 rings (SSSR count). The molecule has 1 atom stereocenters. The zero-order valence-electron chi connectivity index (χ0n) is 18.9. The normalized spacial score (nSPS) is 15.3. The molecular formula is C24H27ClN4O4. The third-order valence-electron chi connectivity index (χ3n) is 5.82. The predicted octanol–water partition coefficient (Wildman–Crippen LogP) is 3.93. The number of piperidine rings is 1. The standard InChI is InChI=1S/C24H27ClN4O4/c1-14-12-18(25)13-15(2)21(14)32-16(3)22(30)27-28-23(31)17-8-10-29(11-9-17)24-26-19-6-4-5-7-20(19)33-24/h4-7,12-13,16-17H,8-11H2,1-3H3,(H,27,30)(H,28,31). The van der Waals surface area contributed by atoms with Crippen molar-refractivity contribution in [3.8, 4) is 5.75 Å². The smallest absolute Gasteiger partial charge is 0.298 e. The third kappa shape index (κ3) is 5.22. The third-order valence-corrected chi connectivity index (χ3v) is 6.03. The van der Waals surface area contributed by atoms with Gasteiger partial charge in [0.05, 0.1) is 0 Å². The topological polar surface area (TPSA) is 96.7 Å². The lowest BCUT2D eigenvalue weighted by Gasteiger charge is -2.30. The Kier molecular flexibility index (Phi) is 6.74. The number of halogens is 1. The Morgan fingerprint density at radius 3 is 2.48 bits per heavy atom. The number of hydrogen-bond donors (Lipinski definition) is 2. The lowest BCUT2D eigenvalue weighted by molar-refractivity contribution is -0.134. The van der Waals surface area contributed by atoms with E-state index in [1.54, 1.807) is 19.1 Å². The molecule has 174 valence electrons. The van der Waals surface area contributed by atoms with Gasteiger partial charge in [0.2, 0.25) is 5.91 Å². The van der Waals surface area contributed by atoms with Crippen LogP contribution in [0, 0.1) is 19.8 Å². The Morgan fingerprint density at radius 1 is 1.15 bits per heavy atom. The molecule has 1 aliphatic rings. The maximum atomic E-state index is 12.6. The molecule has 2 heterocycles. The van der Waals surface area contributed by atoms with E-state index in [0.717, 1.165) is 22.2 Å². The summed E-state index contributed by atoms with van der Waals surface area (Å²) in [5.74, 6) is -0.240. The van der Waals surface area contributed by atoms with Gasteiger partial charge >= 0.3 is 0 Å². The molecule has 2 N–H and O–H groups in total. The van der Waals surface area contributed by atoms with Gasteiger partial charge in [0.25, 0.3) is 11.9 Å². The summed E-state index contributed by atoms with van der Waals surface area (Å²) >= 11 is 6.05. The molecule has 1 unspecified atom stereocenters. The van der Waals surface area contributed by atoms with Crippen molar-refractivity contribution in [3.63, 3.8) is 0 Å². The van der Waals surface area contributed by atoms with Gasteiger partial charge in [-0.2, -0.15) is 4.98 Å². The minimum atomic E-state index is -0.787. The fourth-order valence-electron chi connectivity index (χ4n) is 3.97. The van der Waals surface area contributed by atoms with Crippen molar-refractivity contribution >= 4 is 40.5 Å². The van der Waals surface area contributed by atoms with E-state index < -0.39 is 12.0 Å². The average Bonchev–Trinajstić information content (AvgIpc) is 3.24. The fourth-order valence-corrected chi connectivity index (χ4v) is 4.30. The van der Waals surface area contributed by atoms with Crippen LogP contribution in [0.3, 0.4) is 0 Å². The van der Waals surface area contributed by atoms with Crippen LogP contribution in [0.25, 0.3) is 11.1 Å². The molecule has 0 aliphatic carbocycles. The van der Waals surface area contributed by atoms with E-state index in [-0.39, 0.29) is 11.8 Å². The summed E-state index contributed by atoms with van der Waals surface area (Å²) in [6, 6.07) is 11.8. The van der Waals surface area contributed by atoms with Gasteiger partial charge in [0.1, 0.15) is 11.3 Å². The number of fused-ring (bicyclic) bond motifs is 1. The number of benzene rings is 2. The number of amides is 2. The number of anilines is 1. The van der Waals surface area contributed by atoms with Crippen LogP contribution >= 0.6 is 11.6 Å². The van der Waals surface area contributed by atoms with Crippen molar-refractivity contribution in [3.05, 3.63) is 52.5 Å². The molecule has 0 spiro atoms. The second-order valence-corrected chi connectivity index (χ2v) is 8.77. The van der Waals surface area contributed by atoms with Crippen molar-refractivity contribution in [1.29, 1.82) is 0 Å². The molecule has 8 nitrogen and oxygen atoms in total. The van der Waals surface area contributed by atoms with Gasteiger partial charge in [-0.3, -0.25) is 20.4 Å². The van der Waals surface area contributed by atoms with Crippen LogP contribution in [0.1, 0.15) is 30.9 Å². The number of nitrogens with zero attached hydrogens (tertiary/aromatic N) is 2. The van der Waals surface area contributed by atoms with Gasteiger partial charge in [0, 0.05) is 24.0 Å². The maximum absolute atomic E-state index is 12.6. The lowest BCUT2D eigenvalue weighted by Crippen LogP contribution is -2.50. The Morgan fingerprint density at radius 2 is 1.82 bits per heavy atom. The largest absolute Gasteiger partial charge is 0.480 e. The first-order chi connectivity index (χ1) is 15.8. The zero-order chi connectivity index (χ0) is 23.5. The van der Waals surface area contributed by atoms with Crippen LogP contribution in [-0.2, 0) is 9.59 Å². The highest BCUT2D eigenvalue weighted by Crippen LogP contribution is 2.28. The first-order valence-electron chi connectivity index (χ1n) is 11.0. The molecule has 33 heavy (non-hydrogen) atoms. The quantitative estimate of drug-likeness (QED) is 0.548. The van der Waals surface area contributed by atoms with Crippen LogP contribution in [0.5, 0.6) is 5.75 Å². The summed E-state index contributed by atoms with van der Waals surface area (Å²) in [6.07, 6.45) is 0.482. The highest BCUT2D eigenvalue weighted by molar-refractivity contribution is 6.30. The molecular weight excluding hydrogens is 444 g/mol. The van der Waals surface area contributed by atoms with Gasteiger partial charge in [0.15, 0.2) is 11.7 Å². The maximum Gasteiger partial charge on any atom is 0.298 e. The van der Waals surface area contributed by atoms with Crippen LogP contribution in [0.2, 0.25) is 5.02 Å². The van der Waals surface area contributed by atoms with Gasteiger partial charge in [-0.15, -0.1) is 0 Å². The van der Waals surface area contributed by atoms with Gasteiger partial charge in [-0.25, -0.2) is 0 Å². The summed E-state index contributed by atoms with van der Waals surface area (Å²) in [5.41, 5.74) is 8.26. The van der Waals surface area contributed by atoms with Crippen molar-refractivity contribution in [1.82, 2.24) is 15.8 Å². The predicted molar refractivity (Wildman–Crippen MR) is 126 cm³/mol. The first-order valence-corrected chi connectivity index (χ1v) is 11.3. The molecule has 0 saturated carbocycles. The number of oxazole rings is 1. The Hall–Kier alpha value is -3.26. The highest BCUT2D eigenvalue weighted by atomic mass is 35.5. The van der Waals surface area contributed by atoms with E-state index in [1.165, 1.54) is 0 Å². The van der Waals surface area contributed by atoms with Crippen LogP contribution in [0.15, 0.2) is 40.8 Å². The van der Waals surface area contributed by atoms with E-state index >= 15 is 0 Å². The van der Waals surface area contributed by atoms with Gasteiger partial charge in [-0.1, -0.05) is 23.7 Å². The number of hydrogen-bond acceptors (Lipinski definition) is 6.